The zero-order valence-corrected chi connectivity index (χ0v) is 19.2. The van der Waals surface area contributed by atoms with Gasteiger partial charge in [0.2, 0.25) is 0 Å². The number of benzene rings is 2. The number of aromatic nitrogens is 2. The molecule has 3 rings (SSSR count). The van der Waals surface area contributed by atoms with E-state index in [9.17, 15) is 20.0 Å². The lowest BCUT2D eigenvalue weighted by Crippen LogP contribution is -2.47. The number of hydrogen-bond donors (Lipinski definition) is 0. The maximum atomic E-state index is 13.4. The van der Waals surface area contributed by atoms with E-state index in [0.29, 0.717) is 36.4 Å². The van der Waals surface area contributed by atoms with Crippen LogP contribution in [0.1, 0.15) is 44.0 Å². The minimum Gasteiger partial charge on any atom is -0.842 e. The van der Waals surface area contributed by atoms with Crippen LogP contribution in [0.15, 0.2) is 77.6 Å². The van der Waals surface area contributed by atoms with Crippen molar-refractivity contribution < 1.29 is 19.2 Å². The van der Waals surface area contributed by atoms with E-state index in [1.807, 2.05) is 12.1 Å². The van der Waals surface area contributed by atoms with Gasteiger partial charge in [-0.3, -0.25) is 0 Å². The van der Waals surface area contributed by atoms with E-state index >= 15 is 0 Å². The smallest absolute Gasteiger partial charge is 0.374 e. The third-order valence-electron chi connectivity index (χ3n) is 5.38. The first-order chi connectivity index (χ1) is 16.5. The fourth-order valence-electron chi connectivity index (χ4n) is 3.65. The Morgan fingerprint density at radius 2 is 1.68 bits per heavy atom. The van der Waals surface area contributed by atoms with Gasteiger partial charge in [-0.25, -0.2) is 9.59 Å². The Hall–Kier alpha value is -4.18. The van der Waals surface area contributed by atoms with Crippen LogP contribution in [0.4, 0.5) is 0 Å². The van der Waals surface area contributed by atoms with Gasteiger partial charge in [0.1, 0.15) is 11.4 Å². The van der Waals surface area contributed by atoms with E-state index in [1.54, 1.807) is 55.5 Å². The lowest BCUT2D eigenvalue weighted by atomic mass is 10.1. The summed E-state index contributed by atoms with van der Waals surface area (Å²) in [4.78, 5) is 24.8. The molecule has 34 heavy (non-hydrogen) atoms. The first-order valence-electron chi connectivity index (χ1n) is 11.2. The van der Waals surface area contributed by atoms with Gasteiger partial charge in [0.25, 0.3) is 0 Å². The highest BCUT2D eigenvalue weighted by Gasteiger charge is 2.26. The minimum absolute atomic E-state index is 0.0459. The van der Waals surface area contributed by atoms with Crippen LogP contribution in [-0.2, 0) is 16.0 Å². The molecule has 7 heteroatoms. The maximum absolute atomic E-state index is 13.4. The summed E-state index contributed by atoms with van der Waals surface area (Å²) in [6.45, 7) is 5.46. The fraction of sp³-hybridized carbons (Fsp3) is 0.259. The van der Waals surface area contributed by atoms with Crippen molar-refractivity contribution in [1.29, 1.82) is 5.26 Å². The summed E-state index contributed by atoms with van der Waals surface area (Å²) < 4.78 is 7.70. The molecule has 0 amide bonds. The van der Waals surface area contributed by atoms with E-state index in [2.05, 4.69) is 12.6 Å². The molecule has 0 radical (unpaired) electrons. The predicted molar refractivity (Wildman–Crippen MR) is 126 cm³/mol. The van der Waals surface area contributed by atoms with Crippen LogP contribution in [0.5, 0.6) is 5.88 Å². The second-order valence-electron chi connectivity index (χ2n) is 7.95. The van der Waals surface area contributed by atoms with Crippen molar-refractivity contribution in [3.63, 3.8) is 0 Å². The van der Waals surface area contributed by atoms with Gasteiger partial charge in [-0.05, 0) is 50.5 Å². The number of para-hydroxylation sites is 2. The summed E-state index contributed by atoms with van der Waals surface area (Å²) in [5.74, 6) is -0.925. The van der Waals surface area contributed by atoms with E-state index in [-0.39, 0.29) is 17.8 Å². The number of hydrogen-bond acceptors (Lipinski definition) is 5. The molecule has 0 atom stereocenters. The summed E-state index contributed by atoms with van der Waals surface area (Å²) in [6, 6.07) is 19.8. The molecule has 3 aromatic rings. The monoisotopic (exact) mass is 457 g/mol. The van der Waals surface area contributed by atoms with E-state index in [1.165, 1.54) is 9.13 Å². The normalized spacial score (nSPS) is 10.5. The number of ether oxygens (including phenoxy) is 1. The van der Waals surface area contributed by atoms with E-state index < -0.39 is 17.4 Å². The number of unbranched alkanes of at least 4 members (excludes halogenated alkanes) is 3. The fourth-order valence-corrected chi connectivity index (χ4v) is 3.65. The Morgan fingerprint density at radius 1 is 1.06 bits per heavy atom. The van der Waals surface area contributed by atoms with Crippen LogP contribution in [-0.4, -0.2) is 17.1 Å². The molecule has 0 fully saturated rings. The van der Waals surface area contributed by atoms with Gasteiger partial charge < -0.3 is 9.84 Å². The summed E-state index contributed by atoms with van der Waals surface area (Å²) in [6.07, 6.45) is 3.15. The Kier molecular flexibility index (Phi) is 8.36. The lowest BCUT2D eigenvalue weighted by Gasteiger charge is -2.18. The molecule has 0 saturated carbocycles. The van der Waals surface area contributed by atoms with Crippen molar-refractivity contribution in [2.24, 2.45) is 0 Å². The molecule has 0 unspecified atom stereocenters. The van der Waals surface area contributed by atoms with Crippen molar-refractivity contribution in [2.45, 2.75) is 39.0 Å². The molecular formula is C27H27N3O4. The largest absolute Gasteiger partial charge is 0.842 e. The number of carbonyl (C=O) groups is 1. The molecule has 2 aromatic carbocycles. The van der Waals surface area contributed by atoms with Crippen molar-refractivity contribution in [3.8, 4) is 23.3 Å². The molecule has 0 saturated heterocycles. The minimum atomic E-state index is -0.477. The van der Waals surface area contributed by atoms with E-state index in [0.717, 1.165) is 12.8 Å². The molecule has 0 bridgehead atoms. The van der Waals surface area contributed by atoms with Crippen molar-refractivity contribution >= 4 is 5.97 Å². The molecule has 0 aliphatic heterocycles. The molecule has 0 N–H and O–H groups in total. The third-order valence-corrected chi connectivity index (χ3v) is 5.38. The summed E-state index contributed by atoms with van der Waals surface area (Å²) >= 11 is 0. The highest BCUT2D eigenvalue weighted by atomic mass is 16.5. The number of nitriles is 1. The number of nitrogens with zero attached hydrogens (tertiary/aromatic N) is 3. The molecule has 0 aliphatic carbocycles. The SMILES string of the molecule is C=C(C)C(=O)OCCCCCCc1c([O-])[n+](-c2ccccc2)c(C#N)n(-c2ccccc2)c1=O. The molecule has 174 valence electrons. The Balaban J connectivity index is 1.88. The second-order valence-corrected chi connectivity index (χ2v) is 7.95. The van der Waals surface area contributed by atoms with Gasteiger partial charge in [0.05, 0.1) is 18.1 Å². The van der Waals surface area contributed by atoms with Gasteiger partial charge >= 0.3 is 17.4 Å². The van der Waals surface area contributed by atoms with Crippen LogP contribution in [0, 0.1) is 11.3 Å². The lowest BCUT2D eigenvalue weighted by molar-refractivity contribution is -0.657. The first kappa shape index (κ1) is 24.5. The van der Waals surface area contributed by atoms with Crippen LogP contribution >= 0.6 is 0 Å². The van der Waals surface area contributed by atoms with Crippen LogP contribution < -0.4 is 15.2 Å². The predicted octanol–water partition coefficient (Wildman–Crippen LogP) is 3.28. The van der Waals surface area contributed by atoms with Crippen molar-refractivity contribution in [1.82, 2.24) is 4.57 Å². The summed E-state index contributed by atoms with van der Waals surface area (Å²) in [7, 11) is 0. The number of carbonyl (C=O) groups excluding carboxylic acids is 1. The van der Waals surface area contributed by atoms with Crippen molar-refractivity contribution in [2.75, 3.05) is 6.61 Å². The Morgan fingerprint density at radius 3 is 2.29 bits per heavy atom. The number of rotatable bonds is 10. The first-order valence-corrected chi connectivity index (χ1v) is 11.2. The van der Waals surface area contributed by atoms with Gasteiger partial charge in [0, 0.05) is 5.57 Å². The van der Waals surface area contributed by atoms with Gasteiger partial charge in [-0.2, -0.15) is 9.83 Å². The van der Waals surface area contributed by atoms with Crippen LogP contribution in [0.3, 0.4) is 0 Å². The highest BCUT2D eigenvalue weighted by molar-refractivity contribution is 5.86. The second kappa shape index (κ2) is 11.6. The van der Waals surface area contributed by atoms with Gasteiger partial charge in [0.15, 0.2) is 6.07 Å². The molecule has 1 aromatic heterocycles. The molecule has 0 aliphatic rings. The highest BCUT2D eigenvalue weighted by Crippen LogP contribution is 2.16. The summed E-state index contributed by atoms with van der Waals surface area (Å²) in [5, 5.41) is 23.3. The molecule has 7 nitrogen and oxygen atoms in total. The van der Waals surface area contributed by atoms with Gasteiger partial charge in [-0.1, -0.05) is 55.8 Å². The molecular weight excluding hydrogens is 430 g/mol. The van der Waals surface area contributed by atoms with E-state index in [4.69, 9.17) is 4.74 Å². The van der Waals surface area contributed by atoms with Gasteiger partial charge in [-0.15, -0.1) is 4.57 Å². The topological polar surface area (TPSA) is 99.0 Å². The molecule has 1 heterocycles. The Labute approximate surface area is 198 Å². The summed E-state index contributed by atoms with van der Waals surface area (Å²) in [5.41, 5.74) is 1.07. The average Bonchev–Trinajstić information content (AvgIpc) is 2.85. The number of esters is 1. The van der Waals surface area contributed by atoms with Crippen LogP contribution in [0.25, 0.3) is 11.4 Å². The zero-order chi connectivity index (χ0) is 24.5. The maximum Gasteiger partial charge on any atom is 0.374 e. The average molecular weight is 458 g/mol. The quantitative estimate of drug-likeness (QED) is 0.201. The van der Waals surface area contributed by atoms with Crippen LogP contribution in [0.2, 0.25) is 0 Å². The zero-order valence-electron chi connectivity index (χ0n) is 19.2. The third kappa shape index (κ3) is 5.59. The Bertz CT molecular complexity index is 1260. The molecule has 0 spiro atoms. The standard InChI is InChI=1S/C27H27N3O4/c1-20(2)27(33)34-18-12-4-3-11-17-23-25(31)29(21-13-7-5-8-14-21)24(19-28)30(26(23)32)22-15-9-6-10-16-22/h5-10,13-16H,1,3-4,11-12,17-18H2,2H3. The van der Waals surface area contributed by atoms with Crippen molar-refractivity contribution in [3.05, 3.63) is 94.6 Å².